The van der Waals surface area contributed by atoms with E-state index in [4.69, 9.17) is 0 Å². The fraction of sp³-hybridized carbons (Fsp3) is 0.786. The van der Waals surface area contributed by atoms with E-state index in [0.29, 0.717) is 32.5 Å². The molecule has 0 spiro atoms. The van der Waals surface area contributed by atoms with Crippen molar-refractivity contribution in [1.29, 1.82) is 0 Å². The van der Waals surface area contributed by atoms with Crippen LogP contribution in [0.2, 0.25) is 0 Å². The van der Waals surface area contributed by atoms with Gasteiger partial charge in [-0.3, -0.25) is 4.79 Å². The lowest BCUT2D eigenvalue weighted by Gasteiger charge is -2.32. The van der Waals surface area contributed by atoms with E-state index in [0.717, 1.165) is 0 Å². The van der Waals surface area contributed by atoms with Crippen LogP contribution in [0.5, 0.6) is 0 Å². The van der Waals surface area contributed by atoms with Gasteiger partial charge in [-0.05, 0) is 40.5 Å². The molecule has 1 aliphatic rings. The summed E-state index contributed by atoms with van der Waals surface area (Å²) in [4.78, 5) is 38.7. The van der Waals surface area contributed by atoms with Crippen molar-refractivity contribution in [1.82, 2.24) is 15.1 Å². The van der Waals surface area contributed by atoms with E-state index < -0.39 is 23.6 Å². The maximum absolute atomic E-state index is 12.3. The molecule has 1 saturated heterocycles. The molecule has 1 fully saturated rings. The number of carboxylic acid groups (broad SMARTS) is 1. The lowest BCUT2D eigenvalue weighted by atomic mass is 10.00. The van der Waals surface area contributed by atoms with E-state index in [1.54, 1.807) is 18.7 Å². The van der Waals surface area contributed by atoms with E-state index in [-0.39, 0.29) is 5.91 Å². The van der Waals surface area contributed by atoms with Gasteiger partial charge < -0.3 is 20.2 Å². The van der Waals surface area contributed by atoms with Crippen LogP contribution in [0.25, 0.3) is 0 Å². The van der Waals surface area contributed by atoms with Gasteiger partial charge in [0.1, 0.15) is 11.6 Å². The van der Waals surface area contributed by atoms with Gasteiger partial charge in [0.25, 0.3) is 0 Å². The minimum absolute atomic E-state index is 0.162. The number of hydrogen-bond acceptors (Lipinski definition) is 3. The first-order chi connectivity index (χ1) is 9.77. The first-order valence-corrected chi connectivity index (χ1v) is 7.38. The number of amides is 3. The highest BCUT2D eigenvalue weighted by atomic mass is 16.4. The van der Waals surface area contributed by atoms with Gasteiger partial charge in [-0.15, -0.1) is 0 Å². The molecule has 7 nitrogen and oxygen atoms in total. The molecule has 0 aliphatic carbocycles. The van der Waals surface area contributed by atoms with Crippen LogP contribution >= 0.6 is 0 Å². The van der Waals surface area contributed by atoms with Crippen LogP contribution in [0.3, 0.4) is 0 Å². The highest BCUT2D eigenvalue weighted by molar-refractivity contribution is 5.90. The molecule has 21 heavy (non-hydrogen) atoms. The molecule has 2 N–H and O–H groups in total. The van der Waals surface area contributed by atoms with Gasteiger partial charge in [0.2, 0.25) is 5.91 Å². The second kappa shape index (κ2) is 6.78. The lowest BCUT2D eigenvalue weighted by molar-refractivity contribution is -0.147. The van der Waals surface area contributed by atoms with Crippen LogP contribution in [-0.4, -0.2) is 64.0 Å². The van der Waals surface area contributed by atoms with Crippen LogP contribution in [-0.2, 0) is 9.59 Å². The molecule has 3 amide bonds. The lowest BCUT2D eigenvalue weighted by Crippen LogP contribution is -2.57. The minimum atomic E-state index is -1.19. The Hall–Kier alpha value is -1.79. The summed E-state index contributed by atoms with van der Waals surface area (Å²) in [6.07, 6.45) is 1.07. The number of carbonyl (C=O) groups excluding carboxylic acids is 2. The zero-order valence-electron chi connectivity index (χ0n) is 13.2. The van der Waals surface area contributed by atoms with Gasteiger partial charge in [-0.2, -0.15) is 0 Å². The molecule has 1 rings (SSSR count). The number of carboxylic acids is 1. The Morgan fingerprint density at radius 2 is 1.90 bits per heavy atom. The maximum Gasteiger partial charge on any atom is 0.329 e. The molecule has 7 heteroatoms. The first kappa shape index (κ1) is 17.3. The summed E-state index contributed by atoms with van der Waals surface area (Å²) in [7, 11) is 0. The molecule has 120 valence electrons. The zero-order valence-corrected chi connectivity index (χ0v) is 13.2. The average molecular weight is 299 g/mol. The highest BCUT2D eigenvalue weighted by Gasteiger charge is 2.46. The average Bonchev–Trinajstić information content (AvgIpc) is 2.83. The molecule has 0 radical (unpaired) electrons. The summed E-state index contributed by atoms with van der Waals surface area (Å²) < 4.78 is 0. The molecular weight excluding hydrogens is 274 g/mol. The van der Waals surface area contributed by atoms with Gasteiger partial charge in [0.15, 0.2) is 0 Å². The third kappa shape index (κ3) is 3.46. The Morgan fingerprint density at radius 1 is 1.33 bits per heavy atom. The third-order valence-corrected chi connectivity index (χ3v) is 4.13. The van der Waals surface area contributed by atoms with E-state index in [1.807, 2.05) is 13.8 Å². The number of rotatable bonds is 5. The van der Waals surface area contributed by atoms with Crippen molar-refractivity contribution >= 4 is 17.9 Å². The molecule has 0 bridgehead atoms. The number of aliphatic carboxylic acids is 1. The Bertz CT molecular complexity index is 422. The molecule has 2 atom stereocenters. The summed E-state index contributed by atoms with van der Waals surface area (Å²) in [5.41, 5.74) is -1.19. The van der Waals surface area contributed by atoms with Crippen LogP contribution in [0, 0.1) is 0 Å². The van der Waals surface area contributed by atoms with Crippen LogP contribution in [0.4, 0.5) is 4.79 Å². The van der Waals surface area contributed by atoms with Crippen molar-refractivity contribution in [3.63, 3.8) is 0 Å². The monoisotopic (exact) mass is 299 g/mol. The van der Waals surface area contributed by atoms with Crippen LogP contribution < -0.4 is 5.32 Å². The summed E-state index contributed by atoms with van der Waals surface area (Å²) in [5, 5.41) is 11.9. The molecule has 0 aromatic rings. The molecule has 0 aromatic carbocycles. The van der Waals surface area contributed by atoms with Gasteiger partial charge >= 0.3 is 12.0 Å². The van der Waals surface area contributed by atoms with Gasteiger partial charge in [-0.25, -0.2) is 9.59 Å². The predicted molar refractivity (Wildman–Crippen MR) is 77.9 cm³/mol. The quantitative estimate of drug-likeness (QED) is 0.789. The first-order valence-electron chi connectivity index (χ1n) is 7.38. The van der Waals surface area contributed by atoms with Crippen molar-refractivity contribution in [2.45, 2.75) is 52.1 Å². The minimum Gasteiger partial charge on any atom is -0.480 e. The molecule has 0 aromatic heterocycles. The fourth-order valence-electron chi connectivity index (χ4n) is 2.65. The molecule has 1 heterocycles. The van der Waals surface area contributed by atoms with Crippen molar-refractivity contribution in [2.75, 3.05) is 19.6 Å². The second-order valence-corrected chi connectivity index (χ2v) is 5.52. The molecule has 0 saturated carbocycles. The van der Waals surface area contributed by atoms with Crippen molar-refractivity contribution in [2.24, 2.45) is 0 Å². The topological polar surface area (TPSA) is 90.0 Å². The summed E-state index contributed by atoms with van der Waals surface area (Å²) in [5.74, 6) is -1.18. The Balaban J connectivity index is 2.73. The Labute approximate surface area is 125 Å². The summed E-state index contributed by atoms with van der Waals surface area (Å²) >= 11 is 0. The standard InChI is InChI=1S/C14H25N3O4/c1-5-16(6-2)11(18)10(3)15-13(21)17-9-7-8-14(17,4)12(19)20/h10H,5-9H2,1-4H3,(H,15,21)(H,19,20). The van der Waals surface area contributed by atoms with Crippen molar-refractivity contribution in [3.8, 4) is 0 Å². The Kier molecular flexibility index (Phi) is 5.57. The second-order valence-electron chi connectivity index (χ2n) is 5.52. The number of likely N-dealkylation sites (N-methyl/N-ethyl adjacent to an activating group) is 1. The fourth-order valence-corrected chi connectivity index (χ4v) is 2.65. The van der Waals surface area contributed by atoms with Gasteiger partial charge in [0, 0.05) is 19.6 Å². The van der Waals surface area contributed by atoms with E-state index >= 15 is 0 Å². The number of likely N-dealkylation sites (tertiary alicyclic amines) is 1. The van der Waals surface area contributed by atoms with Crippen LogP contribution in [0.15, 0.2) is 0 Å². The summed E-state index contributed by atoms with van der Waals surface area (Å²) in [6.45, 7) is 8.44. The number of nitrogens with zero attached hydrogens (tertiary/aromatic N) is 2. The number of urea groups is 1. The number of hydrogen-bond donors (Lipinski definition) is 2. The predicted octanol–water partition coefficient (Wildman–Crippen LogP) is 0.892. The summed E-state index contributed by atoms with van der Waals surface area (Å²) in [6, 6.07) is -1.17. The van der Waals surface area contributed by atoms with Crippen LogP contribution in [0.1, 0.15) is 40.5 Å². The largest absolute Gasteiger partial charge is 0.480 e. The SMILES string of the molecule is CCN(CC)C(=O)C(C)NC(=O)N1CCCC1(C)C(=O)O. The zero-order chi connectivity index (χ0) is 16.2. The van der Waals surface area contributed by atoms with E-state index in [2.05, 4.69) is 5.32 Å². The highest BCUT2D eigenvalue weighted by Crippen LogP contribution is 2.29. The number of nitrogens with one attached hydrogen (secondary N) is 1. The van der Waals surface area contributed by atoms with E-state index in [9.17, 15) is 19.5 Å². The Morgan fingerprint density at radius 3 is 2.38 bits per heavy atom. The number of carbonyl (C=O) groups is 3. The van der Waals surface area contributed by atoms with Gasteiger partial charge in [-0.1, -0.05) is 0 Å². The molecule has 2 unspecified atom stereocenters. The van der Waals surface area contributed by atoms with Crippen molar-refractivity contribution in [3.05, 3.63) is 0 Å². The third-order valence-electron chi connectivity index (χ3n) is 4.13. The normalized spacial score (nSPS) is 22.8. The molecule has 1 aliphatic heterocycles. The molecular formula is C14H25N3O4. The van der Waals surface area contributed by atoms with Gasteiger partial charge in [0.05, 0.1) is 0 Å². The maximum atomic E-state index is 12.3. The smallest absolute Gasteiger partial charge is 0.329 e. The van der Waals surface area contributed by atoms with E-state index in [1.165, 1.54) is 4.90 Å². The van der Waals surface area contributed by atoms with Crippen molar-refractivity contribution < 1.29 is 19.5 Å².